The van der Waals surface area contributed by atoms with E-state index in [2.05, 4.69) is 25.4 Å². The molecular formula is C29H30N6O4S. The third-order valence-corrected chi connectivity index (χ3v) is 9.01. The molecule has 1 amide bonds. The van der Waals surface area contributed by atoms with Gasteiger partial charge in [-0.1, -0.05) is 29.8 Å². The van der Waals surface area contributed by atoms with E-state index in [9.17, 15) is 13.2 Å². The van der Waals surface area contributed by atoms with Crippen LogP contribution in [-0.2, 0) is 14.8 Å². The molecule has 11 heteroatoms. The first-order chi connectivity index (χ1) is 19.3. The third kappa shape index (κ3) is 4.76. The number of aromatic nitrogens is 4. The molecule has 40 heavy (non-hydrogen) atoms. The monoisotopic (exact) mass is 558 g/mol. The summed E-state index contributed by atoms with van der Waals surface area (Å²) in [5.41, 5.74) is 4.13. The number of fused-ring (bicyclic) bond motifs is 3. The minimum absolute atomic E-state index is 0.147. The number of morpholine rings is 1. The van der Waals surface area contributed by atoms with Crippen molar-refractivity contribution in [3.63, 3.8) is 0 Å². The van der Waals surface area contributed by atoms with Gasteiger partial charge in [-0.25, -0.2) is 17.4 Å². The third-order valence-electron chi connectivity index (χ3n) is 7.30. The zero-order valence-electron chi connectivity index (χ0n) is 22.3. The van der Waals surface area contributed by atoms with Gasteiger partial charge in [-0.3, -0.25) is 14.8 Å². The molecule has 0 atom stereocenters. The second-order valence-corrected chi connectivity index (χ2v) is 11.8. The number of amides is 1. The minimum atomic E-state index is -4.04. The summed E-state index contributed by atoms with van der Waals surface area (Å²) >= 11 is 0. The van der Waals surface area contributed by atoms with E-state index in [1.807, 2.05) is 13.8 Å². The van der Waals surface area contributed by atoms with Crippen LogP contribution in [0.15, 0.2) is 65.7 Å². The predicted molar refractivity (Wildman–Crippen MR) is 153 cm³/mol. The van der Waals surface area contributed by atoms with Crippen molar-refractivity contribution >= 4 is 37.9 Å². The molecule has 0 bridgehead atoms. The zero-order chi connectivity index (χ0) is 27.9. The van der Waals surface area contributed by atoms with Gasteiger partial charge in [0.25, 0.3) is 15.9 Å². The molecule has 0 spiro atoms. The lowest BCUT2D eigenvalue weighted by Gasteiger charge is -2.26. The Morgan fingerprint density at radius 3 is 2.60 bits per heavy atom. The first-order valence-electron chi connectivity index (χ1n) is 13.2. The lowest BCUT2D eigenvalue weighted by molar-refractivity contribution is 0.0383. The van der Waals surface area contributed by atoms with Crippen LogP contribution in [0.5, 0.6) is 0 Å². The second-order valence-electron chi connectivity index (χ2n) is 10.0. The van der Waals surface area contributed by atoms with E-state index in [4.69, 9.17) is 4.74 Å². The highest BCUT2D eigenvalue weighted by Gasteiger charge is 2.27. The summed E-state index contributed by atoms with van der Waals surface area (Å²) in [4.78, 5) is 20.0. The molecule has 5 aromatic rings. The van der Waals surface area contributed by atoms with Gasteiger partial charge in [0.1, 0.15) is 5.52 Å². The normalized spacial score (nSPS) is 14.7. The Labute approximate surface area is 232 Å². The summed E-state index contributed by atoms with van der Waals surface area (Å²) in [6, 6.07) is 15.5. The highest BCUT2D eigenvalue weighted by atomic mass is 32.2. The highest BCUT2D eigenvalue weighted by molar-refractivity contribution is 7.90. The molecule has 206 valence electrons. The lowest BCUT2D eigenvalue weighted by atomic mass is 10.1. The topological polar surface area (TPSA) is 122 Å². The maximum Gasteiger partial charge on any atom is 0.269 e. The first-order valence-corrected chi connectivity index (χ1v) is 14.6. The molecule has 0 aliphatic carbocycles. The van der Waals surface area contributed by atoms with Crippen molar-refractivity contribution in [1.82, 2.24) is 29.4 Å². The van der Waals surface area contributed by atoms with Gasteiger partial charge in [0.05, 0.1) is 23.8 Å². The highest BCUT2D eigenvalue weighted by Crippen LogP contribution is 2.35. The number of ether oxygens (including phenoxy) is 1. The van der Waals surface area contributed by atoms with Crippen molar-refractivity contribution in [2.24, 2.45) is 0 Å². The summed E-state index contributed by atoms with van der Waals surface area (Å²) in [6.45, 7) is 8.15. The second kappa shape index (κ2) is 10.5. The Morgan fingerprint density at radius 2 is 1.82 bits per heavy atom. The van der Waals surface area contributed by atoms with Gasteiger partial charge < -0.3 is 10.1 Å². The number of aryl methyl sites for hydroxylation is 2. The number of carbonyl (C=O) groups is 1. The number of hydrogen-bond donors (Lipinski definition) is 2. The van der Waals surface area contributed by atoms with E-state index >= 15 is 0 Å². The van der Waals surface area contributed by atoms with Crippen LogP contribution in [0.1, 0.15) is 21.6 Å². The number of carbonyl (C=O) groups excluding carboxylic acids is 1. The minimum Gasteiger partial charge on any atom is -0.379 e. The zero-order valence-corrected chi connectivity index (χ0v) is 23.2. The lowest BCUT2D eigenvalue weighted by Crippen LogP contribution is -2.41. The molecule has 0 saturated carbocycles. The maximum absolute atomic E-state index is 14.1. The first kappa shape index (κ1) is 26.2. The molecule has 1 fully saturated rings. The molecule has 0 radical (unpaired) electrons. The van der Waals surface area contributed by atoms with Crippen molar-refractivity contribution in [2.45, 2.75) is 18.7 Å². The molecule has 0 unspecified atom stereocenters. The van der Waals surface area contributed by atoms with Crippen LogP contribution in [0.4, 0.5) is 0 Å². The molecule has 1 aliphatic rings. The van der Waals surface area contributed by atoms with Crippen LogP contribution in [0.2, 0.25) is 0 Å². The van der Waals surface area contributed by atoms with Crippen LogP contribution in [0.25, 0.3) is 33.2 Å². The Bertz CT molecular complexity index is 1820. The Kier molecular flexibility index (Phi) is 6.87. The molecule has 10 nitrogen and oxygen atoms in total. The average molecular weight is 559 g/mol. The van der Waals surface area contributed by atoms with E-state index < -0.39 is 10.0 Å². The van der Waals surface area contributed by atoms with Crippen LogP contribution in [0.3, 0.4) is 0 Å². The Hall–Kier alpha value is -4.06. The van der Waals surface area contributed by atoms with E-state index in [0.29, 0.717) is 47.5 Å². The van der Waals surface area contributed by atoms with Gasteiger partial charge in [0.2, 0.25) is 0 Å². The van der Waals surface area contributed by atoms with Crippen LogP contribution in [0, 0.1) is 13.8 Å². The number of rotatable bonds is 7. The fourth-order valence-corrected chi connectivity index (χ4v) is 6.52. The van der Waals surface area contributed by atoms with Crippen molar-refractivity contribution in [2.75, 3.05) is 39.4 Å². The number of nitrogens with one attached hydrogen (secondary N) is 2. The van der Waals surface area contributed by atoms with Gasteiger partial charge in [0, 0.05) is 60.0 Å². The summed E-state index contributed by atoms with van der Waals surface area (Å²) in [5.74, 6) is -0.220. The van der Waals surface area contributed by atoms with Crippen molar-refractivity contribution in [3.05, 3.63) is 77.6 Å². The summed E-state index contributed by atoms with van der Waals surface area (Å²) < 4.78 is 34.8. The molecular weight excluding hydrogens is 528 g/mol. The number of aromatic amines is 1. The maximum atomic E-state index is 14.1. The van der Waals surface area contributed by atoms with Crippen molar-refractivity contribution in [1.29, 1.82) is 0 Å². The van der Waals surface area contributed by atoms with Crippen LogP contribution in [-0.4, -0.2) is 77.8 Å². The molecule has 2 aromatic carbocycles. The van der Waals surface area contributed by atoms with Gasteiger partial charge in [-0.15, -0.1) is 0 Å². The smallest absolute Gasteiger partial charge is 0.269 e. The largest absolute Gasteiger partial charge is 0.379 e. The molecule has 2 N–H and O–H groups in total. The van der Waals surface area contributed by atoms with Crippen LogP contribution >= 0.6 is 0 Å². The molecule has 3 aromatic heterocycles. The quantitative estimate of drug-likeness (QED) is 0.314. The Morgan fingerprint density at radius 1 is 1.05 bits per heavy atom. The van der Waals surface area contributed by atoms with E-state index in [1.54, 1.807) is 60.8 Å². The SMILES string of the molecule is Cc1ccc(S(=O)(=O)n2c(-c3cccc(C(=O)NCCN4CCOCC4)c3)cc3c4n[nH]c(C)c4cnc32)cc1. The Balaban J connectivity index is 1.41. The average Bonchev–Trinajstić information content (AvgIpc) is 3.55. The molecule has 4 heterocycles. The fraction of sp³-hybridized carbons (Fsp3) is 0.276. The van der Waals surface area contributed by atoms with Crippen molar-refractivity contribution in [3.8, 4) is 11.3 Å². The van der Waals surface area contributed by atoms with Gasteiger partial charge in [-0.05, 0) is 44.2 Å². The predicted octanol–water partition coefficient (Wildman–Crippen LogP) is 3.50. The molecule has 6 rings (SSSR count). The van der Waals surface area contributed by atoms with Crippen LogP contribution < -0.4 is 5.32 Å². The number of H-pyrrole nitrogens is 1. The van der Waals surface area contributed by atoms with Crippen molar-refractivity contribution < 1.29 is 17.9 Å². The summed E-state index contributed by atoms with van der Waals surface area (Å²) in [6.07, 6.45) is 1.64. The van der Waals surface area contributed by atoms with Gasteiger partial charge >= 0.3 is 0 Å². The van der Waals surface area contributed by atoms with E-state index in [1.165, 1.54) is 3.97 Å². The number of nitrogens with zero attached hydrogens (tertiary/aromatic N) is 4. The van der Waals surface area contributed by atoms with Gasteiger partial charge in [-0.2, -0.15) is 5.10 Å². The van der Waals surface area contributed by atoms with E-state index in [0.717, 1.165) is 36.3 Å². The number of pyridine rings is 1. The van der Waals surface area contributed by atoms with E-state index in [-0.39, 0.29) is 16.4 Å². The summed E-state index contributed by atoms with van der Waals surface area (Å²) in [7, 11) is -4.04. The fourth-order valence-electron chi connectivity index (χ4n) is 5.04. The van der Waals surface area contributed by atoms with Gasteiger partial charge in [0.15, 0.2) is 5.65 Å². The molecule has 1 saturated heterocycles. The number of benzene rings is 2. The standard InChI is InChI=1S/C29H30N6O4S/c1-19-6-8-23(9-7-19)40(37,38)35-26(17-24-27-25(18-31-28(24)35)20(2)32-33-27)21-4-3-5-22(16-21)29(36)30-10-11-34-12-14-39-15-13-34/h3-9,16-18H,10-15H2,1-2H3,(H,30,36)(H,32,33). The number of hydrogen-bond acceptors (Lipinski definition) is 7. The summed E-state index contributed by atoms with van der Waals surface area (Å²) in [5, 5.41) is 11.8. The molecule has 1 aliphatic heterocycles.